The van der Waals surface area contributed by atoms with Crippen LogP contribution in [0, 0.1) is 0 Å². The standard InChI is InChI=1S/C12H15ClN2O3/c1-8(11(16)17)15-12(18)14-6-5-9-3-2-4-10(13)7-9/h2-4,7-8H,5-6H2,1H3,(H,16,17)(H2,14,15,18)/t8-/m0/s1. The number of nitrogens with one attached hydrogen (secondary N) is 2. The van der Waals surface area contributed by atoms with Crippen molar-refractivity contribution in [3.63, 3.8) is 0 Å². The summed E-state index contributed by atoms with van der Waals surface area (Å²) in [4.78, 5) is 21.8. The Morgan fingerprint density at radius 2 is 2.17 bits per heavy atom. The molecular weight excluding hydrogens is 256 g/mol. The van der Waals surface area contributed by atoms with Crippen LogP contribution in [0.1, 0.15) is 12.5 Å². The van der Waals surface area contributed by atoms with Crippen molar-refractivity contribution in [2.45, 2.75) is 19.4 Å². The number of hydrogen-bond donors (Lipinski definition) is 3. The van der Waals surface area contributed by atoms with Crippen LogP contribution in [0.3, 0.4) is 0 Å². The lowest BCUT2D eigenvalue weighted by Gasteiger charge is -2.10. The molecule has 0 aliphatic rings. The van der Waals surface area contributed by atoms with E-state index in [0.717, 1.165) is 5.56 Å². The Hall–Kier alpha value is -1.75. The average molecular weight is 271 g/mol. The Morgan fingerprint density at radius 3 is 2.78 bits per heavy atom. The molecule has 0 heterocycles. The molecule has 6 heteroatoms. The molecule has 18 heavy (non-hydrogen) atoms. The van der Waals surface area contributed by atoms with Crippen LogP contribution in [0.2, 0.25) is 5.02 Å². The summed E-state index contributed by atoms with van der Waals surface area (Å²) in [5, 5.41) is 14.1. The molecule has 3 N–H and O–H groups in total. The number of carbonyl (C=O) groups excluding carboxylic acids is 1. The van der Waals surface area contributed by atoms with Gasteiger partial charge in [-0.3, -0.25) is 4.79 Å². The summed E-state index contributed by atoms with van der Waals surface area (Å²) in [6, 6.07) is 5.94. The van der Waals surface area contributed by atoms with Gasteiger partial charge in [0.15, 0.2) is 0 Å². The highest BCUT2D eigenvalue weighted by atomic mass is 35.5. The second kappa shape index (κ2) is 6.86. The number of carboxylic acid groups (broad SMARTS) is 1. The summed E-state index contributed by atoms with van der Waals surface area (Å²) in [6.45, 7) is 1.82. The van der Waals surface area contributed by atoms with Crippen LogP contribution in [0.15, 0.2) is 24.3 Å². The molecule has 0 fully saturated rings. The fraction of sp³-hybridized carbons (Fsp3) is 0.333. The monoisotopic (exact) mass is 270 g/mol. The maximum absolute atomic E-state index is 11.3. The number of carboxylic acids is 1. The highest BCUT2D eigenvalue weighted by Gasteiger charge is 2.12. The SMILES string of the molecule is C[C@H](NC(=O)NCCc1cccc(Cl)c1)C(=O)O. The molecule has 0 unspecified atom stereocenters. The number of carbonyl (C=O) groups is 2. The first-order valence-electron chi connectivity index (χ1n) is 5.50. The quantitative estimate of drug-likeness (QED) is 0.761. The van der Waals surface area contributed by atoms with Crippen LogP contribution in [0.4, 0.5) is 4.79 Å². The molecule has 2 amide bonds. The van der Waals surface area contributed by atoms with Gasteiger partial charge in [0.05, 0.1) is 0 Å². The molecule has 0 aromatic heterocycles. The summed E-state index contributed by atoms with van der Waals surface area (Å²) in [5.41, 5.74) is 1.01. The smallest absolute Gasteiger partial charge is 0.325 e. The van der Waals surface area contributed by atoms with E-state index in [1.54, 1.807) is 6.07 Å². The van der Waals surface area contributed by atoms with Gasteiger partial charge in [-0.15, -0.1) is 0 Å². The van der Waals surface area contributed by atoms with Crippen LogP contribution in [0.25, 0.3) is 0 Å². The van der Waals surface area contributed by atoms with E-state index in [-0.39, 0.29) is 0 Å². The Bertz CT molecular complexity index is 437. The minimum absolute atomic E-state index is 0.415. The summed E-state index contributed by atoms with van der Waals surface area (Å²) in [5.74, 6) is -1.07. The van der Waals surface area contributed by atoms with E-state index in [4.69, 9.17) is 16.7 Å². The zero-order valence-corrected chi connectivity index (χ0v) is 10.7. The van der Waals surface area contributed by atoms with E-state index in [2.05, 4.69) is 10.6 Å². The van der Waals surface area contributed by atoms with Gasteiger partial charge in [-0.05, 0) is 31.0 Å². The maximum Gasteiger partial charge on any atom is 0.325 e. The zero-order chi connectivity index (χ0) is 13.5. The van der Waals surface area contributed by atoms with Crippen molar-refractivity contribution in [1.29, 1.82) is 0 Å². The first kappa shape index (κ1) is 14.3. The van der Waals surface area contributed by atoms with Crippen molar-refractivity contribution >= 4 is 23.6 Å². The molecule has 0 aliphatic carbocycles. The third-order valence-corrected chi connectivity index (χ3v) is 2.54. The fourth-order valence-electron chi connectivity index (χ4n) is 1.32. The summed E-state index contributed by atoms with van der Waals surface area (Å²) in [7, 11) is 0. The van der Waals surface area contributed by atoms with Gasteiger partial charge >= 0.3 is 12.0 Å². The highest BCUT2D eigenvalue weighted by Crippen LogP contribution is 2.10. The third kappa shape index (κ3) is 5.05. The van der Waals surface area contributed by atoms with Gasteiger partial charge in [0, 0.05) is 11.6 Å². The number of benzene rings is 1. The second-order valence-electron chi connectivity index (χ2n) is 3.84. The van der Waals surface area contributed by atoms with E-state index < -0.39 is 18.0 Å². The minimum Gasteiger partial charge on any atom is -0.480 e. The number of rotatable bonds is 5. The molecule has 5 nitrogen and oxygen atoms in total. The lowest BCUT2D eigenvalue weighted by Crippen LogP contribution is -2.44. The van der Waals surface area contributed by atoms with Crippen molar-refractivity contribution in [2.75, 3.05) is 6.54 Å². The van der Waals surface area contributed by atoms with Gasteiger partial charge in [-0.1, -0.05) is 23.7 Å². The summed E-state index contributed by atoms with van der Waals surface area (Å²) >= 11 is 5.83. The van der Waals surface area contributed by atoms with Crippen molar-refractivity contribution in [2.24, 2.45) is 0 Å². The van der Waals surface area contributed by atoms with Crippen LogP contribution in [-0.2, 0) is 11.2 Å². The fourth-order valence-corrected chi connectivity index (χ4v) is 1.54. The number of urea groups is 1. The first-order valence-corrected chi connectivity index (χ1v) is 5.88. The predicted molar refractivity (Wildman–Crippen MR) is 68.8 cm³/mol. The van der Waals surface area contributed by atoms with E-state index in [1.165, 1.54) is 6.92 Å². The highest BCUT2D eigenvalue weighted by molar-refractivity contribution is 6.30. The number of aliphatic carboxylic acids is 1. The molecule has 0 aliphatic heterocycles. The normalized spacial score (nSPS) is 11.7. The summed E-state index contributed by atoms with van der Waals surface area (Å²) < 4.78 is 0. The number of hydrogen-bond acceptors (Lipinski definition) is 2. The Morgan fingerprint density at radius 1 is 1.44 bits per heavy atom. The molecule has 0 saturated carbocycles. The van der Waals surface area contributed by atoms with Gasteiger partial charge in [0.2, 0.25) is 0 Å². The van der Waals surface area contributed by atoms with Crippen molar-refractivity contribution in [1.82, 2.24) is 10.6 Å². The van der Waals surface area contributed by atoms with Gasteiger partial charge in [0.1, 0.15) is 6.04 Å². The van der Waals surface area contributed by atoms with Crippen molar-refractivity contribution < 1.29 is 14.7 Å². The average Bonchev–Trinajstić information content (AvgIpc) is 2.28. The first-order chi connectivity index (χ1) is 8.49. The maximum atomic E-state index is 11.3. The summed E-state index contributed by atoms with van der Waals surface area (Å²) in [6.07, 6.45) is 0.634. The molecule has 0 radical (unpaired) electrons. The van der Waals surface area contributed by atoms with E-state index in [1.807, 2.05) is 18.2 Å². The van der Waals surface area contributed by atoms with Gasteiger partial charge in [0.25, 0.3) is 0 Å². The molecule has 1 aromatic carbocycles. The largest absolute Gasteiger partial charge is 0.480 e. The van der Waals surface area contributed by atoms with Crippen LogP contribution in [0.5, 0.6) is 0 Å². The van der Waals surface area contributed by atoms with E-state index in [9.17, 15) is 9.59 Å². The van der Waals surface area contributed by atoms with Crippen molar-refractivity contribution in [3.8, 4) is 0 Å². The zero-order valence-electron chi connectivity index (χ0n) is 9.94. The van der Waals surface area contributed by atoms with Crippen molar-refractivity contribution in [3.05, 3.63) is 34.9 Å². The van der Waals surface area contributed by atoms with Crippen LogP contribution < -0.4 is 10.6 Å². The van der Waals surface area contributed by atoms with Gasteiger partial charge in [-0.25, -0.2) is 4.79 Å². The Kier molecular flexibility index (Phi) is 5.45. The second-order valence-corrected chi connectivity index (χ2v) is 4.28. The van der Waals surface area contributed by atoms with E-state index in [0.29, 0.717) is 18.0 Å². The lowest BCUT2D eigenvalue weighted by atomic mass is 10.1. The molecule has 0 spiro atoms. The Balaban J connectivity index is 2.29. The lowest BCUT2D eigenvalue weighted by molar-refractivity contribution is -0.138. The number of halogens is 1. The molecule has 0 bridgehead atoms. The molecule has 0 saturated heterocycles. The predicted octanol–water partition coefficient (Wildman–Crippen LogP) is 1.65. The number of amides is 2. The van der Waals surface area contributed by atoms with Gasteiger partial charge in [-0.2, -0.15) is 0 Å². The third-order valence-electron chi connectivity index (χ3n) is 2.31. The molecule has 1 aromatic rings. The van der Waals surface area contributed by atoms with Crippen LogP contribution >= 0.6 is 11.6 Å². The molecule has 98 valence electrons. The minimum atomic E-state index is -1.07. The molecule has 1 atom stereocenters. The van der Waals surface area contributed by atoms with E-state index >= 15 is 0 Å². The topological polar surface area (TPSA) is 78.4 Å². The molecular formula is C12H15ClN2O3. The molecule has 1 rings (SSSR count). The Labute approximate surface area is 110 Å². The van der Waals surface area contributed by atoms with Crippen LogP contribution in [-0.4, -0.2) is 29.7 Å². The van der Waals surface area contributed by atoms with Gasteiger partial charge < -0.3 is 15.7 Å².